The van der Waals surface area contributed by atoms with Gasteiger partial charge in [-0.1, -0.05) is 73.7 Å². The molecule has 1 fully saturated rings. The quantitative estimate of drug-likeness (QED) is 0.0423. The first-order valence-corrected chi connectivity index (χ1v) is 17.4. The van der Waals surface area contributed by atoms with E-state index >= 15 is 0 Å². The Morgan fingerprint density at radius 1 is 0.722 bits per heavy atom. The van der Waals surface area contributed by atoms with Crippen molar-refractivity contribution in [3.05, 3.63) is 124 Å². The van der Waals surface area contributed by atoms with E-state index in [0.717, 1.165) is 16.0 Å². The van der Waals surface area contributed by atoms with E-state index in [1.807, 2.05) is 0 Å². The maximum absolute atomic E-state index is 14.1. The van der Waals surface area contributed by atoms with Gasteiger partial charge in [-0.05, 0) is 97.0 Å². The number of unbranched alkanes of at least 4 members (excludes halogenated alkanes) is 1. The summed E-state index contributed by atoms with van der Waals surface area (Å²) in [6.07, 6.45) is -11.1. The van der Waals surface area contributed by atoms with Crippen molar-refractivity contribution in [2.75, 3.05) is 13.2 Å². The molecule has 1 aliphatic rings. The van der Waals surface area contributed by atoms with Crippen LogP contribution in [0.4, 0.5) is 31.1 Å². The van der Waals surface area contributed by atoms with Crippen molar-refractivity contribution < 1.29 is 56.0 Å². The number of carbonyl (C=O) groups is 2. The van der Waals surface area contributed by atoms with Gasteiger partial charge in [-0.3, -0.25) is 9.69 Å². The van der Waals surface area contributed by atoms with Crippen LogP contribution in [0.25, 0.3) is 0 Å². The van der Waals surface area contributed by atoms with Gasteiger partial charge in [0.1, 0.15) is 11.3 Å². The van der Waals surface area contributed by atoms with Crippen molar-refractivity contribution in [1.82, 2.24) is 10.2 Å². The number of hydrogen-bond acceptors (Lipinski definition) is 6. The topological polar surface area (TPSA) is 119 Å². The molecule has 4 N–H and O–H groups in total. The summed E-state index contributed by atoms with van der Waals surface area (Å²) < 4.78 is 91.0. The highest BCUT2D eigenvalue weighted by Crippen LogP contribution is 2.51. The van der Waals surface area contributed by atoms with E-state index < -0.39 is 52.5 Å². The van der Waals surface area contributed by atoms with Crippen LogP contribution in [-0.2, 0) is 41.6 Å². The van der Waals surface area contributed by atoms with E-state index in [-0.39, 0.29) is 80.5 Å². The second-order valence-electron chi connectivity index (χ2n) is 13.2. The van der Waals surface area contributed by atoms with E-state index in [1.54, 1.807) is 67.6 Å². The number of hydrogen-bond donors (Lipinski definition) is 4. The largest absolute Gasteiger partial charge is 0.504 e. The lowest BCUT2D eigenvalue weighted by Crippen LogP contribution is -2.54. The Hall–Kier alpha value is -5.24. The summed E-state index contributed by atoms with van der Waals surface area (Å²) in [6.45, 7) is 1.58. The lowest BCUT2D eigenvalue weighted by Gasteiger charge is -2.33. The van der Waals surface area contributed by atoms with Crippen molar-refractivity contribution in [3.63, 3.8) is 0 Å². The number of halogens is 6. The first kappa shape index (κ1) is 40.0. The van der Waals surface area contributed by atoms with Gasteiger partial charge in [0.15, 0.2) is 11.5 Å². The van der Waals surface area contributed by atoms with Gasteiger partial charge in [-0.2, -0.15) is 26.3 Å². The van der Waals surface area contributed by atoms with Crippen molar-refractivity contribution >= 4 is 11.9 Å². The molecule has 288 valence electrons. The molecule has 14 heteroatoms. The zero-order valence-corrected chi connectivity index (χ0v) is 29.3. The monoisotopic (exact) mass is 758 g/mol. The highest BCUT2D eigenvalue weighted by atomic mass is 19.4. The summed E-state index contributed by atoms with van der Waals surface area (Å²) in [5.41, 5.74) is -6.05. The summed E-state index contributed by atoms with van der Waals surface area (Å²) in [5, 5.41) is 32.9. The van der Waals surface area contributed by atoms with Crippen molar-refractivity contribution in [2.45, 2.75) is 75.4 Å². The lowest BCUT2D eigenvalue weighted by molar-refractivity contribution is -0.376. The Bertz CT molecular complexity index is 1860. The van der Waals surface area contributed by atoms with Crippen LogP contribution in [0, 0.1) is 0 Å². The molecule has 4 aromatic carbocycles. The number of urea groups is 1. The van der Waals surface area contributed by atoms with Crippen LogP contribution in [0.5, 0.6) is 17.2 Å². The first-order chi connectivity index (χ1) is 25.5. The number of phenolic OH excluding ortho intramolecular Hbond substituents is 2. The Kier molecular flexibility index (Phi) is 11.8. The van der Waals surface area contributed by atoms with Gasteiger partial charge in [-0.15, -0.1) is 0 Å². The molecule has 0 spiro atoms. The summed E-state index contributed by atoms with van der Waals surface area (Å²) in [6, 6.07) is 22.3. The maximum Gasteiger partial charge on any atom is 0.430 e. The SMILES string of the molecule is CCC1(c2ccc(O)c(O)c2)NC(=O)N(CCCCOc2c(CCc3ccccc3)cc(C(O)(C(F)(F)F)C(F)(F)F)cc2CCc2ccccc2)C1=O. The standard InChI is InChI=1S/C40H40F6N2O6/c1-2-37(30-19-20-32(49)33(50)25-30)35(51)48(36(52)47-37)21-9-10-22-54-34-28(17-15-26-11-5-3-6-12-26)23-31(38(53,39(41,42)43)40(44,45)46)24-29(34)18-16-27-13-7-4-8-14-27/h3-8,11-14,19-20,23-25,49-50,53H,2,9-10,15-18,21-22H2,1H3,(H,47,52). The number of aliphatic hydroxyl groups is 1. The minimum absolute atomic E-state index is 0.00825. The van der Waals surface area contributed by atoms with E-state index in [4.69, 9.17) is 4.74 Å². The van der Waals surface area contributed by atoms with E-state index in [1.165, 1.54) is 18.2 Å². The zero-order chi connectivity index (χ0) is 39.3. The van der Waals surface area contributed by atoms with Gasteiger partial charge >= 0.3 is 18.4 Å². The molecule has 3 amide bonds. The Morgan fingerprint density at radius 2 is 1.26 bits per heavy atom. The number of phenols is 2. The molecule has 1 saturated heterocycles. The van der Waals surface area contributed by atoms with Crippen LogP contribution < -0.4 is 10.1 Å². The summed E-state index contributed by atoms with van der Waals surface area (Å²) in [4.78, 5) is 27.5. The summed E-state index contributed by atoms with van der Waals surface area (Å²) in [7, 11) is 0. The summed E-state index contributed by atoms with van der Waals surface area (Å²) in [5.74, 6) is -1.32. The highest BCUT2D eigenvalue weighted by Gasteiger charge is 2.71. The van der Waals surface area contributed by atoms with Crippen molar-refractivity contribution in [1.29, 1.82) is 0 Å². The summed E-state index contributed by atoms with van der Waals surface area (Å²) >= 11 is 0. The fourth-order valence-electron chi connectivity index (χ4n) is 6.66. The second kappa shape index (κ2) is 16.0. The molecule has 1 heterocycles. The third kappa shape index (κ3) is 8.13. The number of aryl methyl sites for hydroxylation is 4. The number of ether oxygens (including phenoxy) is 1. The molecule has 1 unspecified atom stereocenters. The van der Waals surface area contributed by atoms with Gasteiger partial charge in [0.25, 0.3) is 11.5 Å². The number of rotatable bonds is 15. The fraction of sp³-hybridized carbons (Fsp3) is 0.350. The minimum atomic E-state index is -6.08. The molecule has 54 heavy (non-hydrogen) atoms. The predicted molar refractivity (Wildman–Crippen MR) is 187 cm³/mol. The van der Waals surface area contributed by atoms with Crippen LogP contribution in [0.3, 0.4) is 0 Å². The smallest absolute Gasteiger partial charge is 0.430 e. The molecule has 0 aliphatic carbocycles. The Morgan fingerprint density at radius 3 is 1.74 bits per heavy atom. The van der Waals surface area contributed by atoms with Crippen LogP contribution in [0.1, 0.15) is 59.6 Å². The Labute approximate surface area is 308 Å². The van der Waals surface area contributed by atoms with E-state index in [9.17, 15) is 51.3 Å². The number of amides is 3. The normalized spacial score (nSPS) is 16.5. The van der Waals surface area contributed by atoms with Crippen molar-refractivity contribution in [2.24, 2.45) is 0 Å². The van der Waals surface area contributed by atoms with Crippen LogP contribution in [0.2, 0.25) is 0 Å². The Balaban J connectivity index is 1.41. The van der Waals surface area contributed by atoms with Gasteiger partial charge in [0, 0.05) is 12.1 Å². The minimum Gasteiger partial charge on any atom is -0.504 e. The van der Waals surface area contributed by atoms with Gasteiger partial charge in [-0.25, -0.2) is 4.79 Å². The fourth-order valence-corrected chi connectivity index (χ4v) is 6.66. The number of imide groups is 1. The molecule has 5 rings (SSSR count). The first-order valence-electron chi connectivity index (χ1n) is 17.4. The average Bonchev–Trinajstić information content (AvgIpc) is 3.39. The third-order valence-corrected chi connectivity index (χ3v) is 9.73. The maximum atomic E-state index is 14.1. The van der Waals surface area contributed by atoms with Gasteiger partial charge < -0.3 is 25.4 Å². The predicted octanol–water partition coefficient (Wildman–Crippen LogP) is 8.00. The number of alkyl halides is 6. The highest BCUT2D eigenvalue weighted by molar-refractivity contribution is 6.07. The molecule has 0 radical (unpaired) electrons. The lowest BCUT2D eigenvalue weighted by atomic mass is 9.86. The van der Waals surface area contributed by atoms with E-state index in [0.29, 0.717) is 12.1 Å². The molecule has 1 aliphatic heterocycles. The van der Waals surface area contributed by atoms with Gasteiger partial charge in [0.2, 0.25) is 0 Å². The van der Waals surface area contributed by atoms with Gasteiger partial charge in [0.05, 0.1) is 6.61 Å². The number of benzene rings is 4. The molecule has 0 saturated carbocycles. The van der Waals surface area contributed by atoms with Crippen LogP contribution in [-0.4, -0.2) is 57.7 Å². The molecule has 8 nitrogen and oxygen atoms in total. The van der Waals surface area contributed by atoms with Crippen molar-refractivity contribution in [3.8, 4) is 17.2 Å². The van der Waals surface area contributed by atoms with E-state index in [2.05, 4.69) is 5.32 Å². The van der Waals surface area contributed by atoms with Crippen LogP contribution in [0.15, 0.2) is 91.0 Å². The molecular formula is C40H40F6N2O6. The van der Waals surface area contributed by atoms with Crippen LogP contribution >= 0.6 is 0 Å². The number of nitrogens with one attached hydrogen (secondary N) is 1. The molecule has 1 atom stereocenters. The second-order valence-corrected chi connectivity index (χ2v) is 13.2. The molecule has 0 aromatic heterocycles. The molecule has 4 aromatic rings. The zero-order valence-electron chi connectivity index (χ0n) is 29.3. The number of aromatic hydroxyl groups is 2. The molecular weight excluding hydrogens is 718 g/mol. The number of nitrogens with zero attached hydrogens (tertiary/aromatic N) is 1. The molecule has 0 bridgehead atoms. The number of carbonyl (C=O) groups excluding carboxylic acids is 2. The average molecular weight is 759 g/mol. The third-order valence-electron chi connectivity index (χ3n) is 9.73.